The van der Waals surface area contributed by atoms with E-state index in [2.05, 4.69) is 20.3 Å². The first kappa shape index (κ1) is 11.9. The molecular weight excluding hydrogens is 267 g/mol. The number of halogens is 2. The maximum atomic E-state index is 12.8. The summed E-state index contributed by atoms with van der Waals surface area (Å²) < 4.78 is 12.8. The Labute approximate surface area is 113 Å². The van der Waals surface area contributed by atoms with Crippen molar-refractivity contribution in [2.45, 2.75) is 6.54 Å². The molecule has 0 unspecified atom stereocenters. The highest BCUT2D eigenvalue weighted by atomic mass is 35.5. The van der Waals surface area contributed by atoms with Gasteiger partial charge in [0.05, 0.1) is 5.39 Å². The topological polar surface area (TPSA) is 53.6 Å². The van der Waals surface area contributed by atoms with Gasteiger partial charge in [-0.25, -0.2) is 9.37 Å². The minimum atomic E-state index is -0.248. The summed E-state index contributed by atoms with van der Waals surface area (Å²) in [5, 5.41) is 4.22. The van der Waals surface area contributed by atoms with Gasteiger partial charge in [-0.3, -0.25) is 0 Å². The minimum Gasteiger partial charge on any atom is -0.365 e. The summed E-state index contributed by atoms with van der Waals surface area (Å²) in [5.74, 6) is 0.405. The van der Waals surface area contributed by atoms with Gasteiger partial charge in [-0.1, -0.05) is 12.1 Å². The van der Waals surface area contributed by atoms with Gasteiger partial charge < -0.3 is 10.3 Å². The molecule has 0 aliphatic rings. The number of fused-ring (bicyclic) bond motifs is 1. The van der Waals surface area contributed by atoms with Crippen LogP contribution in [-0.4, -0.2) is 15.0 Å². The molecule has 0 saturated heterocycles. The average molecular weight is 277 g/mol. The molecule has 0 aliphatic heterocycles. The van der Waals surface area contributed by atoms with Gasteiger partial charge >= 0.3 is 0 Å². The van der Waals surface area contributed by atoms with Gasteiger partial charge in [0.15, 0.2) is 0 Å². The first-order valence-electron chi connectivity index (χ1n) is 5.71. The molecule has 96 valence electrons. The maximum Gasteiger partial charge on any atom is 0.226 e. The summed E-state index contributed by atoms with van der Waals surface area (Å²) in [6.07, 6.45) is 1.78. The zero-order valence-corrected chi connectivity index (χ0v) is 10.6. The molecule has 0 atom stereocenters. The SMILES string of the molecule is Fc1ccc(CNc2nc(Cl)nc3[nH]ccc23)cc1. The van der Waals surface area contributed by atoms with E-state index in [1.54, 1.807) is 18.3 Å². The lowest BCUT2D eigenvalue weighted by Crippen LogP contribution is -2.02. The van der Waals surface area contributed by atoms with E-state index in [4.69, 9.17) is 11.6 Å². The molecule has 3 aromatic rings. The normalized spacial score (nSPS) is 10.8. The third-order valence-electron chi connectivity index (χ3n) is 2.76. The van der Waals surface area contributed by atoms with Crippen LogP contribution in [0.3, 0.4) is 0 Å². The standard InChI is InChI=1S/C13H10ClFN4/c14-13-18-11-10(5-6-16-11)12(19-13)17-7-8-1-3-9(15)4-2-8/h1-6H,7H2,(H2,16,17,18,19). The molecule has 2 heterocycles. The summed E-state index contributed by atoms with van der Waals surface area (Å²) in [4.78, 5) is 11.2. The molecule has 19 heavy (non-hydrogen) atoms. The smallest absolute Gasteiger partial charge is 0.226 e. The Bertz CT molecular complexity index is 708. The Morgan fingerprint density at radius 3 is 2.74 bits per heavy atom. The van der Waals surface area contributed by atoms with Gasteiger partial charge in [-0.05, 0) is 35.4 Å². The third kappa shape index (κ3) is 2.51. The molecule has 0 amide bonds. The first-order chi connectivity index (χ1) is 9.22. The lowest BCUT2D eigenvalue weighted by molar-refractivity contribution is 0.627. The average Bonchev–Trinajstić information content (AvgIpc) is 2.85. The Kier molecular flexibility index (Phi) is 3.05. The number of hydrogen-bond donors (Lipinski definition) is 2. The molecule has 0 saturated carbocycles. The van der Waals surface area contributed by atoms with Crippen molar-refractivity contribution in [3.8, 4) is 0 Å². The van der Waals surface area contributed by atoms with Crippen LogP contribution in [0.5, 0.6) is 0 Å². The van der Waals surface area contributed by atoms with Crippen molar-refractivity contribution in [3.05, 3.63) is 53.2 Å². The molecule has 6 heteroatoms. The van der Waals surface area contributed by atoms with Crippen molar-refractivity contribution < 1.29 is 4.39 Å². The largest absolute Gasteiger partial charge is 0.365 e. The minimum absolute atomic E-state index is 0.177. The second-order valence-electron chi connectivity index (χ2n) is 4.06. The van der Waals surface area contributed by atoms with Gasteiger partial charge in [-0.15, -0.1) is 0 Å². The number of benzene rings is 1. The van der Waals surface area contributed by atoms with Crippen LogP contribution in [0.1, 0.15) is 5.56 Å². The van der Waals surface area contributed by atoms with Crippen LogP contribution in [0.15, 0.2) is 36.5 Å². The van der Waals surface area contributed by atoms with Crippen LogP contribution >= 0.6 is 11.6 Å². The fourth-order valence-electron chi connectivity index (χ4n) is 1.84. The van der Waals surface area contributed by atoms with Gasteiger partial charge in [0, 0.05) is 12.7 Å². The molecule has 0 radical (unpaired) electrons. The number of nitrogens with zero attached hydrogens (tertiary/aromatic N) is 2. The van der Waals surface area contributed by atoms with E-state index in [0.717, 1.165) is 10.9 Å². The Hall–Kier alpha value is -2.14. The Morgan fingerprint density at radius 2 is 1.95 bits per heavy atom. The number of anilines is 1. The van der Waals surface area contributed by atoms with Crippen LogP contribution in [0, 0.1) is 5.82 Å². The van der Waals surface area contributed by atoms with Crippen LogP contribution in [0.2, 0.25) is 5.28 Å². The second-order valence-corrected chi connectivity index (χ2v) is 4.40. The molecule has 3 rings (SSSR count). The first-order valence-corrected chi connectivity index (χ1v) is 6.09. The third-order valence-corrected chi connectivity index (χ3v) is 2.93. The number of hydrogen-bond acceptors (Lipinski definition) is 3. The van der Waals surface area contributed by atoms with Crippen molar-refractivity contribution in [2.75, 3.05) is 5.32 Å². The summed E-state index contributed by atoms with van der Waals surface area (Å²) in [7, 11) is 0. The van der Waals surface area contributed by atoms with Crippen LogP contribution in [0.25, 0.3) is 11.0 Å². The molecular formula is C13H10ClFN4. The summed E-state index contributed by atoms with van der Waals surface area (Å²) >= 11 is 5.85. The number of rotatable bonds is 3. The van der Waals surface area contributed by atoms with E-state index in [1.807, 2.05) is 6.07 Å². The van der Waals surface area contributed by atoms with Gasteiger partial charge in [-0.2, -0.15) is 4.98 Å². The van der Waals surface area contributed by atoms with Gasteiger partial charge in [0.1, 0.15) is 17.3 Å². The summed E-state index contributed by atoms with van der Waals surface area (Å²) in [5.41, 5.74) is 1.64. The molecule has 0 aliphatic carbocycles. The van der Waals surface area contributed by atoms with Crippen LogP contribution < -0.4 is 5.32 Å². The highest BCUT2D eigenvalue weighted by Crippen LogP contribution is 2.21. The fraction of sp³-hybridized carbons (Fsp3) is 0.0769. The maximum absolute atomic E-state index is 12.8. The lowest BCUT2D eigenvalue weighted by Gasteiger charge is -2.07. The molecule has 4 nitrogen and oxygen atoms in total. The van der Waals surface area contributed by atoms with E-state index in [1.165, 1.54) is 12.1 Å². The van der Waals surface area contributed by atoms with E-state index in [-0.39, 0.29) is 11.1 Å². The second kappa shape index (κ2) is 4.85. The van der Waals surface area contributed by atoms with Crippen molar-refractivity contribution in [2.24, 2.45) is 0 Å². The number of aromatic amines is 1. The highest BCUT2D eigenvalue weighted by Gasteiger charge is 2.07. The monoisotopic (exact) mass is 276 g/mol. The molecule has 2 N–H and O–H groups in total. The molecule has 2 aromatic heterocycles. The van der Waals surface area contributed by atoms with Crippen molar-refractivity contribution >= 4 is 28.5 Å². The number of H-pyrrole nitrogens is 1. The Morgan fingerprint density at radius 1 is 1.16 bits per heavy atom. The highest BCUT2D eigenvalue weighted by molar-refractivity contribution is 6.28. The van der Waals surface area contributed by atoms with E-state index in [9.17, 15) is 4.39 Å². The molecule has 0 bridgehead atoms. The fourth-order valence-corrected chi connectivity index (χ4v) is 2.01. The summed E-state index contributed by atoms with van der Waals surface area (Å²) in [6.45, 7) is 0.536. The molecule has 1 aromatic carbocycles. The zero-order valence-electron chi connectivity index (χ0n) is 9.82. The van der Waals surface area contributed by atoms with E-state index < -0.39 is 0 Å². The predicted molar refractivity (Wildman–Crippen MR) is 72.6 cm³/mol. The number of aromatic nitrogens is 3. The lowest BCUT2D eigenvalue weighted by atomic mass is 10.2. The molecule has 0 fully saturated rings. The molecule has 0 spiro atoms. The van der Waals surface area contributed by atoms with Crippen molar-refractivity contribution in [3.63, 3.8) is 0 Å². The van der Waals surface area contributed by atoms with Gasteiger partial charge in [0.25, 0.3) is 0 Å². The predicted octanol–water partition coefficient (Wildman–Crippen LogP) is 3.36. The Balaban J connectivity index is 1.85. The summed E-state index contributed by atoms with van der Waals surface area (Å²) in [6, 6.07) is 8.17. The quantitative estimate of drug-likeness (QED) is 0.721. The number of nitrogens with one attached hydrogen (secondary N) is 2. The van der Waals surface area contributed by atoms with Crippen molar-refractivity contribution in [1.82, 2.24) is 15.0 Å². The van der Waals surface area contributed by atoms with Crippen LogP contribution in [-0.2, 0) is 6.54 Å². The van der Waals surface area contributed by atoms with Crippen molar-refractivity contribution in [1.29, 1.82) is 0 Å². The van der Waals surface area contributed by atoms with Gasteiger partial charge in [0.2, 0.25) is 5.28 Å². The van der Waals surface area contributed by atoms with E-state index >= 15 is 0 Å². The zero-order chi connectivity index (χ0) is 13.2. The van der Waals surface area contributed by atoms with E-state index in [0.29, 0.717) is 18.0 Å². The van der Waals surface area contributed by atoms with Crippen LogP contribution in [0.4, 0.5) is 10.2 Å².